The molecule has 1 N–H and O–H groups in total. The highest BCUT2D eigenvalue weighted by molar-refractivity contribution is 9.09. The Morgan fingerprint density at radius 1 is 1.56 bits per heavy atom. The summed E-state index contributed by atoms with van der Waals surface area (Å²) >= 11 is 10.6. The second kappa shape index (κ2) is 5.12. The summed E-state index contributed by atoms with van der Waals surface area (Å²) in [6, 6.07) is 5.53. The summed E-state index contributed by atoms with van der Waals surface area (Å²) in [5, 5.41) is 4.64. The lowest BCUT2D eigenvalue weighted by molar-refractivity contribution is -0.115. The minimum absolute atomic E-state index is 0.0490. The SMILES string of the molecule is O=C(CCBr)Nc1nc2cccc(Cl)c2s1. The van der Waals surface area contributed by atoms with Crippen molar-refractivity contribution in [1.29, 1.82) is 0 Å². The topological polar surface area (TPSA) is 42.0 Å². The van der Waals surface area contributed by atoms with Crippen LogP contribution in [0.15, 0.2) is 18.2 Å². The monoisotopic (exact) mass is 318 g/mol. The molecule has 1 aromatic heterocycles. The third-order valence-electron chi connectivity index (χ3n) is 1.93. The van der Waals surface area contributed by atoms with E-state index in [2.05, 4.69) is 26.2 Å². The highest BCUT2D eigenvalue weighted by Crippen LogP contribution is 2.31. The van der Waals surface area contributed by atoms with Crippen LogP contribution in [0, 0.1) is 0 Å². The first-order valence-corrected chi connectivity index (χ1v) is 6.93. The van der Waals surface area contributed by atoms with Gasteiger partial charge in [0.2, 0.25) is 5.91 Å². The fourth-order valence-corrected chi connectivity index (χ4v) is 2.77. The number of benzene rings is 1. The van der Waals surface area contributed by atoms with Gasteiger partial charge >= 0.3 is 0 Å². The van der Waals surface area contributed by atoms with E-state index in [-0.39, 0.29) is 5.91 Å². The summed E-state index contributed by atoms with van der Waals surface area (Å²) in [7, 11) is 0. The summed E-state index contributed by atoms with van der Waals surface area (Å²) in [5.41, 5.74) is 0.812. The molecule has 2 rings (SSSR count). The molecule has 0 aliphatic carbocycles. The van der Waals surface area contributed by atoms with E-state index >= 15 is 0 Å². The Morgan fingerprint density at radius 3 is 3.06 bits per heavy atom. The van der Waals surface area contributed by atoms with E-state index in [0.29, 0.717) is 21.9 Å². The molecule has 2 aromatic rings. The highest BCUT2D eigenvalue weighted by atomic mass is 79.9. The van der Waals surface area contributed by atoms with Crippen molar-refractivity contribution < 1.29 is 4.79 Å². The van der Waals surface area contributed by atoms with Crippen molar-refractivity contribution in [3.05, 3.63) is 23.2 Å². The molecule has 1 aromatic carbocycles. The van der Waals surface area contributed by atoms with E-state index in [0.717, 1.165) is 10.2 Å². The molecule has 0 unspecified atom stereocenters. The summed E-state index contributed by atoms with van der Waals surface area (Å²) < 4.78 is 0.901. The minimum atomic E-state index is -0.0490. The fourth-order valence-electron chi connectivity index (χ4n) is 1.24. The van der Waals surface area contributed by atoms with Gasteiger partial charge in [0.15, 0.2) is 5.13 Å². The van der Waals surface area contributed by atoms with Crippen LogP contribution in [-0.4, -0.2) is 16.2 Å². The van der Waals surface area contributed by atoms with Crippen molar-refractivity contribution in [2.24, 2.45) is 0 Å². The summed E-state index contributed by atoms with van der Waals surface area (Å²) in [6.07, 6.45) is 0.434. The standard InChI is InChI=1S/C10H8BrClN2OS/c11-5-4-8(15)14-10-13-7-3-1-2-6(12)9(7)16-10/h1-3H,4-5H2,(H,13,14,15). The number of thiazole rings is 1. The van der Waals surface area contributed by atoms with Gasteiger partial charge in [-0.1, -0.05) is 44.9 Å². The first-order chi connectivity index (χ1) is 7.70. The number of amides is 1. The number of alkyl halides is 1. The Bertz CT molecular complexity index is 529. The number of carbonyl (C=O) groups is 1. The van der Waals surface area contributed by atoms with Gasteiger partial charge in [0.25, 0.3) is 0 Å². The molecule has 0 bridgehead atoms. The Balaban J connectivity index is 2.26. The van der Waals surface area contributed by atoms with Gasteiger partial charge in [0, 0.05) is 11.8 Å². The van der Waals surface area contributed by atoms with Crippen molar-refractivity contribution in [2.45, 2.75) is 6.42 Å². The van der Waals surface area contributed by atoms with Crippen molar-refractivity contribution >= 4 is 60.1 Å². The van der Waals surface area contributed by atoms with Crippen LogP contribution in [-0.2, 0) is 4.79 Å². The van der Waals surface area contributed by atoms with Crippen LogP contribution in [0.3, 0.4) is 0 Å². The number of anilines is 1. The molecule has 0 fully saturated rings. The Morgan fingerprint density at radius 2 is 2.38 bits per heavy atom. The van der Waals surface area contributed by atoms with Gasteiger partial charge in [-0.05, 0) is 12.1 Å². The average molecular weight is 320 g/mol. The zero-order chi connectivity index (χ0) is 11.5. The van der Waals surface area contributed by atoms with E-state index in [9.17, 15) is 4.79 Å². The first kappa shape index (κ1) is 11.8. The number of nitrogens with zero attached hydrogens (tertiary/aromatic N) is 1. The minimum Gasteiger partial charge on any atom is -0.302 e. The highest BCUT2D eigenvalue weighted by Gasteiger charge is 2.08. The van der Waals surface area contributed by atoms with Crippen LogP contribution in [0.4, 0.5) is 5.13 Å². The predicted octanol–water partition coefficient (Wildman–Crippen LogP) is 3.67. The molecule has 0 radical (unpaired) electrons. The van der Waals surface area contributed by atoms with E-state index in [1.165, 1.54) is 11.3 Å². The van der Waals surface area contributed by atoms with Crippen molar-refractivity contribution in [2.75, 3.05) is 10.6 Å². The number of hydrogen-bond acceptors (Lipinski definition) is 3. The zero-order valence-corrected chi connectivity index (χ0v) is 11.3. The molecule has 16 heavy (non-hydrogen) atoms. The molecule has 0 aliphatic rings. The van der Waals surface area contributed by atoms with Crippen LogP contribution >= 0.6 is 38.9 Å². The van der Waals surface area contributed by atoms with Crippen LogP contribution < -0.4 is 5.32 Å². The molecule has 1 amide bonds. The van der Waals surface area contributed by atoms with Crippen molar-refractivity contribution in [3.63, 3.8) is 0 Å². The maximum atomic E-state index is 11.4. The molecule has 1 heterocycles. The Kier molecular flexibility index (Phi) is 3.78. The maximum absolute atomic E-state index is 11.4. The quantitative estimate of drug-likeness (QED) is 0.877. The van der Waals surface area contributed by atoms with Gasteiger partial charge in [0.1, 0.15) is 0 Å². The van der Waals surface area contributed by atoms with Crippen LogP contribution in [0.25, 0.3) is 10.2 Å². The maximum Gasteiger partial charge on any atom is 0.226 e. The normalized spacial score (nSPS) is 10.6. The molecular formula is C10H8BrClN2OS. The van der Waals surface area contributed by atoms with Crippen LogP contribution in [0.1, 0.15) is 6.42 Å². The van der Waals surface area contributed by atoms with Crippen LogP contribution in [0.5, 0.6) is 0 Å². The largest absolute Gasteiger partial charge is 0.302 e. The second-order valence-electron chi connectivity index (χ2n) is 3.09. The van der Waals surface area contributed by atoms with Gasteiger partial charge in [-0.3, -0.25) is 4.79 Å². The zero-order valence-electron chi connectivity index (χ0n) is 8.17. The number of rotatable bonds is 3. The number of halogens is 2. The number of hydrogen-bond donors (Lipinski definition) is 1. The lowest BCUT2D eigenvalue weighted by Gasteiger charge is -1.96. The average Bonchev–Trinajstić information content (AvgIpc) is 2.62. The molecule has 0 atom stereocenters. The second-order valence-corrected chi connectivity index (χ2v) is 5.29. The third kappa shape index (κ3) is 2.53. The Hall–Kier alpha value is -0.650. The molecule has 0 saturated heterocycles. The number of fused-ring (bicyclic) bond motifs is 1. The molecular weight excluding hydrogens is 312 g/mol. The summed E-state index contributed by atoms with van der Waals surface area (Å²) in [4.78, 5) is 15.6. The van der Waals surface area contributed by atoms with Gasteiger partial charge in [-0.15, -0.1) is 0 Å². The molecule has 0 saturated carbocycles. The van der Waals surface area contributed by atoms with Gasteiger partial charge in [-0.25, -0.2) is 4.98 Å². The van der Waals surface area contributed by atoms with E-state index in [4.69, 9.17) is 11.6 Å². The summed E-state index contributed by atoms with van der Waals surface area (Å²) in [6.45, 7) is 0. The third-order valence-corrected chi connectivity index (χ3v) is 3.78. The molecule has 3 nitrogen and oxygen atoms in total. The van der Waals surface area contributed by atoms with E-state index in [1.807, 2.05) is 18.2 Å². The number of nitrogens with one attached hydrogen (secondary N) is 1. The molecule has 84 valence electrons. The lowest BCUT2D eigenvalue weighted by Crippen LogP contribution is -2.11. The van der Waals surface area contributed by atoms with Gasteiger partial charge < -0.3 is 5.32 Å². The molecule has 6 heteroatoms. The van der Waals surface area contributed by atoms with E-state index < -0.39 is 0 Å². The molecule has 0 aliphatic heterocycles. The van der Waals surface area contributed by atoms with Crippen molar-refractivity contribution in [1.82, 2.24) is 4.98 Å². The Labute approximate surface area is 110 Å². The van der Waals surface area contributed by atoms with Crippen LogP contribution in [0.2, 0.25) is 5.02 Å². The van der Waals surface area contributed by atoms with Gasteiger partial charge in [0.05, 0.1) is 15.2 Å². The van der Waals surface area contributed by atoms with Gasteiger partial charge in [-0.2, -0.15) is 0 Å². The smallest absolute Gasteiger partial charge is 0.226 e. The predicted molar refractivity (Wildman–Crippen MR) is 71.7 cm³/mol. The molecule has 0 spiro atoms. The number of carbonyl (C=O) groups excluding carboxylic acids is 1. The van der Waals surface area contributed by atoms with E-state index in [1.54, 1.807) is 0 Å². The summed E-state index contributed by atoms with van der Waals surface area (Å²) in [5.74, 6) is -0.0490. The number of aromatic nitrogens is 1. The lowest BCUT2D eigenvalue weighted by atomic mass is 10.3. The fraction of sp³-hybridized carbons (Fsp3) is 0.200. The first-order valence-electron chi connectivity index (χ1n) is 4.61. The van der Waals surface area contributed by atoms with Crippen molar-refractivity contribution in [3.8, 4) is 0 Å².